The number of carbonyl (C=O) groups is 1. The van der Waals surface area contributed by atoms with Crippen LogP contribution in [0.4, 0.5) is 5.69 Å². The van der Waals surface area contributed by atoms with Crippen LogP contribution in [0.3, 0.4) is 0 Å². The van der Waals surface area contributed by atoms with Gasteiger partial charge in [-0.3, -0.25) is 0 Å². The largest absolute Gasteiger partial charge is 0.478 e. The Morgan fingerprint density at radius 3 is 2.95 bits per heavy atom. The molecule has 0 saturated carbocycles. The number of aromatic carboxylic acids is 1. The number of thiophene rings is 1. The van der Waals surface area contributed by atoms with E-state index >= 15 is 0 Å². The van der Waals surface area contributed by atoms with Crippen LogP contribution in [-0.2, 0) is 6.54 Å². The van der Waals surface area contributed by atoms with Crippen LogP contribution in [0.15, 0.2) is 48.0 Å². The molecule has 0 fully saturated rings. The normalized spacial score (nSPS) is 10.6. The van der Waals surface area contributed by atoms with E-state index in [-0.39, 0.29) is 0 Å². The number of hydrogen-bond donors (Lipinski definition) is 2. The van der Waals surface area contributed by atoms with E-state index in [2.05, 4.69) is 10.3 Å². The molecule has 2 N–H and O–H groups in total. The number of nitrogens with zero attached hydrogens (tertiary/aromatic N) is 1. The van der Waals surface area contributed by atoms with Crippen LogP contribution in [0.25, 0.3) is 10.2 Å². The molecular weight excluding hydrogens is 272 g/mol. The summed E-state index contributed by atoms with van der Waals surface area (Å²) in [4.78, 5) is 16.4. The van der Waals surface area contributed by atoms with Crippen LogP contribution in [0.1, 0.15) is 15.9 Å². The number of hydrogen-bond acceptors (Lipinski definition) is 4. The zero-order valence-electron chi connectivity index (χ0n) is 10.5. The fourth-order valence-electron chi connectivity index (χ4n) is 2.10. The van der Waals surface area contributed by atoms with Crippen molar-refractivity contribution in [2.24, 2.45) is 0 Å². The van der Waals surface area contributed by atoms with Gasteiger partial charge in [-0.05, 0) is 29.1 Å². The van der Waals surface area contributed by atoms with Gasteiger partial charge in [0.1, 0.15) is 4.83 Å². The molecule has 0 aliphatic carbocycles. The molecular formula is C15H12N2O2S. The van der Waals surface area contributed by atoms with Crippen LogP contribution >= 0.6 is 11.3 Å². The molecule has 0 aliphatic rings. The first-order valence-corrected chi connectivity index (χ1v) is 7.01. The highest BCUT2D eigenvalue weighted by Gasteiger charge is 2.09. The lowest BCUT2D eigenvalue weighted by Gasteiger charge is -2.09. The summed E-state index contributed by atoms with van der Waals surface area (Å²) in [6.07, 6.45) is 1.75. The van der Waals surface area contributed by atoms with Gasteiger partial charge < -0.3 is 10.4 Å². The van der Waals surface area contributed by atoms with Crippen molar-refractivity contribution in [3.63, 3.8) is 0 Å². The Labute approximate surface area is 119 Å². The third-order valence-electron chi connectivity index (χ3n) is 3.09. The van der Waals surface area contributed by atoms with Gasteiger partial charge in [-0.1, -0.05) is 18.2 Å². The second-order valence-electron chi connectivity index (χ2n) is 4.31. The summed E-state index contributed by atoms with van der Waals surface area (Å²) in [6.45, 7) is 0.470. The summed E-state index contributed by atoms with van der Waals surface area (Å²) < 4.78 is 0. The Morgan fingerprint density at radius 2 is 2.10 bits per heavy atom. The molecule has 0 amide bonds. The molecule has 3 rings (SSSR count). The first kappa shape index (κ1) is 12.6. The number of aromatic nitrogens is 1. The predicted octanol–water partition coefficient (Wildman–Crippen LogP) is 3.61. The van der Waals surface area contributed by atoms with Gasteiger partial charge in [-0.15, -0.1) is 11.3 Å². The summed E-state index contributed by atoms with van der Waals surface area (Å²) in [6, 6.07) is 10.9. The standard InChI is InChI=1S/C15H12N2O2S/c18-15(19)11-4-2-1-3-10(11)9-17-13-5-7-16-14-12(13)6-8-20-14/h1-8H,9H2,(H,16,17)(H,18,19). The molecule has 0 spiro atoms. The van der Waals surface area contributed by atoms with Crippen LogP contribution in [-0.4, -0.2) is 16.1 Å². The quantitative estimate of drug-likeness (QED) is 0.768. The van der Waals surface area contributed by atoms with Crippen LogP contribution in [0, 0.1) is 0 Å². The van der Waals surface area contributed by atoms with Crippen LogP contribution in [0.5, 0.6) is 0 Å². The van der Waals surface area contributed by atoms with Crippen molar-refractivity contribution in [3.8, 4) is 0 Å². The molecule has 0 bridgehead atoms. The third-order valence-corrected chi connectivity index (χ3v) is 3.91. The van der Waals surface area contributed by atoms with Crippen LogP contribution in [0.2, 0.25) is 0 Å². The van der Waals surface area contributed by atoms with Gasteiger partial charge in [-0.25, -0.2) is 9.78 Å². The predicted molar refractivity (Wildman–Crippen MR) is 80.3 cm³/mol. The smallest absolute Gasteiger partial charge is 0.336 e. The lowest BCUT2D eigenvalue weighted by Crippen LogP contribution is -2.07. The van der Waals surface area contributed by atoms with Gasteiger partial charge in [0.15, 0.2) is 0 Å². The lowest BCUT2D eigenvalue weighted by molar-refractivity contribution is 0.0696. The van der Waals surface area contributed by atoms with Crippen LogP contribution < -0.4 is 5.32 Å². The van der Waals surface area contributed by atoms with E-state index < -0.39 is 5.97 Å². The molecule has 0 radical (unpaired) electrons. The molecule has 0 saturated heterocycles. The second-order valence-corrected chi connectivity index (χ2v) is 5.21. The highest BCUT2D eigenvalue weighted by Crippen LogP contribution is 2.26. The zero-order chi connectivity index (χ0) is 13.9. The highest BCUT2D eigenvalue weighted by atomic mass is 32.1. The summed E-state index contributed by atoms with van der Waals surface area (Å²) in [5, 5.41) is 15.5. The first-order chi connectivity index (χ1) is 9.75. The monoisotopic (exact) mass is 284 g/mol. The molecule has 0 atom stereocenters. The number of carboxylic acids is 1. The van der Waals surface area contributed by atoms with Crippen molar-refractivity contribution in [2.75, 3.05) is 5.32 Å². The fraction of sp³-hybridized carbons (Fsp3) is 0.0667. The van der Waals surface area contributed by atoms with Gasteiger partial charge in [0, 0.05) is 23.8 Å². The Hall–Kier alpha value is -2.40. The van der Waals surface area contributed by atoms with Crippen molar-refractivity contribution in [1.82, 2.24) is 4.98 Å². The van der Waals surface area contributed by atoms with Gasteiger partial charge in [0.2, 0.25) is 0 Å². The number of benzene rings is 1. The molecule has 0 aliphatic heterocycles. The van der Waals surface area contributed by atoms with E-state index in [9.17, 15) is 4.79 Å². The Kier molecular flexibility index (Phi) is 3.35. The molecule has 2 aromatic heterocycles. The van der Waals surface area contributed by atoms with E-state index in [1.165, 1.54) is 0 Å². The average molecular weight is 284 g/mol. The molecule has 0 unspecified atom stereocenters. The Morgan fingerprint density at radius 1 is 1.25 bits per heavy atom. The van der Waals surface area contributed by atoms with E-state index in [0.717, 1.165) is 21.5 Å². The number of carboxylic acid groups (broad SMARTS) is 1. The maximum absolute atomic E-state index is 11.2. The van der Waals surface area contributed by atoms with E-state index in [0.29, 0.717) is 12.1 Å². The van der Waals surface area contributed by atoms with E-state index in [4.69, 9.17) is 5.11 Å². The first-order valence-electron chi connectivity index (χ1n) is 6.13. The van der Waals surface area contributed by atoms with Crippen molar-refractivity contribution in [3.05, 3.63) is 59.1 Å². The maximum Gasteiger partial charge on any atom is 0.336 e. The topological polar surface area (TPSA) is 62.2 Å². The number of pyridine rings is 1. The average Bonchev–Trinajstić information content (AvgIpc) is 2.94. The van der Waals surface area contributed by atoms with Crippen molar-refractivity contribution in [2.45, 2.75) is 6.54 Å². The van der Waals surface area contributed by atoms with Crippen molar-refractivity contribution >= 4 is 33.2 Å². The third kappa shape index (κ3) is 2.35. The molecule has 3 aromatic rings. The summed E-state index contributed by atoms with van der Waals surface area (Å²) >= 11 is 1.59. The summed E-state index contributed by atoms with van der Waals surface area (Å²) in [5.41, 5.74) is 2.06. The number of fused-ring (bicyclic) bond motifs is 1. The Bertz CT molecular complexity index is 767. The minimum atomic E-state index is -0.905. The Balaban J connectivity index is 1.87. The van der Waals surface area contributed by atoms with Crippen molar-refractivity contribution in [1.29, 1.82) is 0 Å². The lowest BCUT2D eigenvalue weighted by atomic mass is 10.1. The summed E-state index contributed by atoms with van der Waals surface area (Å²) in [5.74, 6) is -0.905. The van der Waals surface area contributed by atoms with Crippen molar-refractivity contribution < 1.29 is 9.90 Å². The maximum atomic E-state index is 11.2. The van der Waals surface area contributed by atoms with Gasteiger partial charge in [0.05, 0.1) is 5.56 Å². The summed E-state index contributed by atoms with van der Waals surface area (Å²) in [7, 11) is 0. The van der Waals surface area contributed by atoms with Gasteiger partial charge in [0.25, 0.3) is 0 Å². The highest BCUT2D eigenvalue weighted by molar-refractivity contribution is 7.16. The minimum absolute atomic E-state index is 0.329. The molecule has 1 aromatic carbocycles. The molecule has 2 heterocycles. The SMILES string of the molecule is O=C(O)c1ccccc1CNc1ccnc2sccc12. The number of anilines is 1. The number of nitrogens with one attached hydrogen (secondary N) is 1. The van der Waals surface area contributed by atoms with E-state index in [1.54, 1.807) is 29.7 Å². The second kappa shape index (κ2) is 5.30. The minimum Gasteiger partial charge on any atom is -0.478 e. The molecule has 20 heavy (non-hydrogen) atoms. The zero-order valence-corrected chi connectivity index (χ0v) is 11.4. The fourth-order valence-corrected chi connectivity index (χ4v) is 2.86. The molecule has 4 nitrogen and oxygen atoms in total. The van der Waals surface area contributed by atoms with E-state index in [1.807, 2.05) is 29.6 Å². The molecule has 100 valence electrons. The molecule has 5 heteroatoms. The number of rotatable bonds is 4. The van der Waals surface area contributed by atoms with Gasteiger partial charge >= 0.3 is 5.97 Å². The van der Waals surface area contributed by atoms with Gasteiger partial charge in [-0.2, -0.15) is 0 Å².